The van der Waals surface area contributed by atoms with Gasteiger partial charge in [0.25, 0.3) is 0 Å². The van der Waals surface area contributed by atoms with Crippen LogP contribution in [0, 0.1) is 0 Å². The van der Waals surface area contributed by atoms with Crippen LogP contribution in [0.25, 0.3) is 0 Å². The van der Waals surface area contributed by atoms with Gasteiger partial charge in [-0.25, -0.2) is 9.78 Å². The van der Waals surface area contributed by atoms with Crippen molar-refractivity contribution in [3.8, 4) is 0 Å². The Balaban J connectivity index is 2.34. The van der Waals surface area contributed by atoms with Gasteiger partial charge in [-0.3, -0.25) is 0 Å². The number of rotatable bonds is 4. The van der Waals surface area contributed by atoms with Crippen LogP contribution in [-0.2, 0) is 6.42 Å². The van der Waals surface area contributed by atoms with Gasteiger partial charge in [-0.1, -0.05) is 22.9 Å². The molecule has 0 aliphatic carbocycles. The van der Waals surface area contributed by atoms with Crippen LogP contribution >= 0.6 is 27.3 Å². The molecule has 2 N–H and O–H groups in total. The van der Waals surface area contributed by atoms with Crippen LogP contribution in [-0.4, -0.2) is 16.1 Å². The van der Waals surface area contributed by atoms with Crippen molar-refractivity contribution in [1.82, 2.24) is 4.98 Å². The number of anilines is 2. The van der Waals surface area contributed by atoms with E-state index in [4.69, 9.17) is 5.11 Å². The first-order chi connectivity index (χ1) is 8.61. The van der Waals surface area contributed by atoms with Crippen molar-refractivity contribution in [2.45, 2.75) is 13.3 Å². The van der Waals surface area contributed by atoms with Gasteiger partial charge in [-0.05, 0) is 30.2 Å². The van der Waals surface area contributed by atoms with Gasteiger partial charge in [0.15, 0.2) is 5.69 Å². The molecule has 1 heterocycles. The maximum Gasteiger partial charge on any atom is 0.357 e. The first-order valence-electron chi connectivity index (χ1n) is 5.34. The number of benzene rings is 1. The summed E-state index contributed by atoms with van der Waals surface area (Å²) in [4.78, 5) is 14.8. The number of aryl methyl sites for hydroxylation is 1. The Morgan fingerprint density at radius 2 is 2.33 bits per heavy atom. The fraction of sp³-hybridized carbons (Fsp3) is 0.167. The molecule has 94 valence electrons. The van der Waals surface area contributed by atoms with Crippen LogP contribution in [0.3, 0.4) is 0 Å². The number of hydrogen-bond acceptors (Lipinski definition) is 4. The van der Waals surface area contributed by atoms with Crippen LogP contribution in [0.4, 0.5) is 10.7 Å². The van der Waals surface area contributed by atoms with Gasteiger partial charge < -0.3 is 10.4 Å². The minimum atomic E-state index is -1.02. The molecule has 0 saturated carbocycles. The molecule has 1 aromatic carbocycles. The van der Waals surface area contributed by atoms with Gasteiger partial charge in [-0.2, -0.15) is 0 Å². The van der Waals surface area contributed by atoms with E-state index >= 15 is 0 Å². The van der Waals surface area contributed by atoms with Crippen molar-refractivity contribution < 1.29 is 9.90 Å². The minimum absolute atomic E-state index is 0.0602. The Morgan fingerprint density at radius 1 is 1.56 bits per heavy atom. The van der Waals surface area contributed by atoms with Crippen molar-refractivity contribution in [2.24, 2.45) is 0 Å². The third-order valence-electron chi connectivity index (χ3n) is 2.47. The Bertz CT molecular complexity index is 583. The Kier molecular flexibility index (Phi) is 3.98. The molecular formula is C12H11BrN2O2S. The lowest BCUT2D eigenvalue weighted by atomic mass is 10.1. The second-order valence-electron chi connectivity index (χ2n) is 3.62. The Hall–Kier alpha value is -1.40. The van der Waals surface area contributed by atoms with Crippen LogP contribution in [0.1, 0.15) is 23.0 Å². The molecule has 1 aromatic heterocycles. The monoisotopic (exact) mass is 326 g/mol. The maximum absolute atomic E-state index is 11.0. The Labute approximate surface area is 117 Å². The normalized spacial score (nSPS) is 10.3. The van der Waals surface area contributed by atoms with Crippen molar-refractivity contribution in [2.75, 3.05) is 5.32 Å². The summed E-state index contributed by atoms with van der Waals surface area (Å²) < 4.78 is 1.01. The number of aromatic carboxylic acids is 1. The van der Waals surface area contributed by atoms with Crippen molar-refractivity contribution >= 4 is 43.9 Å². The Morgan fingerprint density at radius 3 is 3.00 bits per heavy atom. The molecule has 0 aliphatic rings. The fourth-order valence-corrected chi connectivity index (χ4v) is 2.68. The summed E-state index contributed by atoms with van der Waals surface area (Å²) in [5.74, 6) is -1.02. The number of aromatic nitrogens is 1. The standard InChI is InChI=1S/C12H11BrN2O2S/c1-2-7-5-8(13)3-4-9(7)15-11-10(12(16)17)14-6-18-11/h3-6,15H,2H2,1H3,(H,16,17). The van der Waals surface area contributed by atoms with Gasteiger partial charge in [-0.15, -0.1) is 11.3 Å². The van der Waals surface area contributed by atoms with E-state index in [1.807, 2.05) is 18.2 Å². The highest BCUT2D eigenvalue weighted by Gasteiger charge is 2.14. The summed E-state index contributed by atoms with van der Waals surface area (Å²) in [6.07, 6.45) is 0.864. The van der Waals surface area contributed by atoms with Gasteiger partial charge >= 0.3 is 5.97 Å². The van der Waals surface area contributed by atoms with Crippen LogP contribution in [0.2, 0.25) is 0 Å². The van der Waals surface area contributed by atoms with Crippen LogP contribution in [0.5, 0.6) is 0 Å². The molecular weight excluding hydrogens is 316 g/mol. The fourth-order valence-electron chi connectivity index (χ4n) is 1.59. The number of carboxylic acids is 1. The van der Waals surface area contributed by atoms with Gasteiger partial charge in [0, 0.05) is 10.2 Å². The van der Waals surface area contributed by atoms with E-state index in [1.54, 1.807) is 0 Å². The third kappa shape index (κ3) is 2.70. The molecule has 4 nitrogen and oxygen atoms in total. The quantitative estimate of drug-likeness (QED) is 0.894. The molecule has 0 bridgehead atoms. The summed E-state index contributed by atoms with van der Waals surface area (Å²) in [5, 5.41) is 12.7. The number of halogens is 1. The van der Waals surface area contributed by atoms with Crippen LogP contribution < -0.4 is 5.32 Å². The third-order valence-corrected chi connectivity index (χ3v) is 3.70. The van der Waals surface area contributed by atoms with E-state index in [-0.39, 0.29) is 5.69 Å². The lowest BCUT2D eigenvalue weighted by Crippen LogP contribution is -2.02. The average Bonchev–Trinajstić information content (AvgIpc) is 2.79. The molecule has 0 radical (unpaired) electrons. The zero-order chi connectivity index (χ0) is 13.1. The molecule has 0 spiro atoms. The smallest absolute Gasteiger partial charge is 0.357 e. The average molecular weight is 327 g/mol. The van der Waals surface area contributed by atoms with Gasteiger partial charge in [0.2, 0.25) is 0 Å². The van der Waals surface area contributed by atoms with E-state index in [1.165, 1.54) is 16.8 Å². The molecule has 2 aromatic rings. The molecule has 0 atom stereocenters. The predicted molar refractivity (Wildman–Crippen MR) is 75.9 cm³/mol. The summed E-state index contributed by atoms with van der Waals surface area (Å²) in [6, 6.07) is 5.86. The number of nitrogens with one attached hydrogen (secondary N) is 1. The topological polar surface area (TPSA) is 62.2 Å². The lowest BCUT2D eigenvalue weighted by Gasteiger charge is -2.10. The number of nitrogens with zero attached hydrogens (tertiary/aromatic N) is 1. The highest BCUT2D eigenvalue weighted by molar-refractivity contribution is 9.10. The summed E-state index contributed by atoms with van der Waals surface area (Å²) in [5.41, 5.74) is 3.61. The molecule has 6 heteroatoms. The largest absolute Gasteiger partial charge is 0.476 e. The van der Waals surface area contributed by atoms with E-state index in [9.17, 15) is 4.79 Å². The minimum Gasteiger partial charge on any atom is -0.476 e. The molecule has 0 amide bonds. The second kappa shape index (κ2) is 5.49. The van der Waals surface area contributed by atoms with E-state index in [2.05, 4.69) is 33.2 Å². The highest BCUT2D eigenvalue weighted by atomic mass is 79.9. The number of carbonyl (C=O) groups is 1. The van der Waals surface area contributed by atoms with Crippen molar-refractivity contribution in [3.63, 3.8) is 0 Å². The molecule has 0 unspecified atom stereocenters. The van der Waals surface area contributed by atoms with E-state index in [0.29, 0.717) is 5.00 Å². The zero-order valence-electron chi connectivity index (χ0n) is 9.61. The van der Waals surface area contributed by atoms with Crippen molar-refractivity contribution in [3.05, 3.63) is 39.4 Å². The molecule has 0 fully saturated rings. The zero-order valence-corrected chi connectivity index (χ0v) is 12.0. The predicted octanol–water partition coefficient (Wildman–Crippen LogP) is 3.91. The summed E-state index contributed by atoms with van der Waals surface area (Å²) in [6.45, 7) is 2.05. The van der Waals surface area contributed by atoms with Crippen LogP contribution in [0.15, 0.2) is 28.2 Å². The summed E-state index contributed by atoms with van der Waals surface area (Å²) >= 11 is 4.70. The molecule has 2 rings (SSSR count). The molecule has 0 saturated heterocycles. The van der Waals surface area contributed by atoms with E-state index in [0.717, 1.165) is 22.1 Å². The van der Waals surface area contributed by atoms with Gasteiger partial charge in [0.05, 0.1) is 5.51 Å². The number of hydrogen-bond donors (Lipinski definition) is 2. The van der Waals surface area contributed by atoms with Crippen molar-refractivity contribution in [1.29, 1.82) is 0 Å². The molecule has 0 aliphatic heterocycles. The SMILES string of the molecule is CCc1cc(Br)ccc1Nc1scnc1C(=O)O. The number of thiazole rings is 1. The highest BCUT2D eigenvalue weighted by Crippen LogP contribution is 2.29. The number of carboxylic acid groups (broad SMARTS) is 1. The maximum atomic E-state index is 11.0. The second-order valence-corrected chi connectivity index (χ2v) is 5.39. The first kappa shape index (κ1) is 13.0. The first-order valence-corrected chi connectivity index (χ1v) is 7.01. The van der Waals surface area contributed by atoms with Gasteiger partial charge in [0.1, 0.15) is 5.00 Å². The lowest BCUT2D eigenvalue weighted by molar-refractivity contribution is 0.0692. The molecule has 18 heavy (non-hydrogen) atoms. The van der Waals surface area contributed by atoms with E-state index < -0.39 is 5.97 Å². The summed E-state index contributed by atoms with van der Waals surface area (Å²) in [7, 11) is 0.